The number of hydrogen-bond donors (Lipinski definition) is 0. The molecule has 5 nitrogen and oxygen atoms in total. The van der Waals surface area contributed by atoms with E-state index >= 15 is 0 Å². The summed E-state index contributed by atoms with van der Waals surface area (Å²) in [5.74, 6) is -1.55. The second-order valence-electron chi connectivity index (χ2n) is 4.87. The summed E-state index contributed by atoms with van der Waals surface area (Å²) in [5, 5.41) is 8.68. The summed E-state index contributed by atoms with van der Waals surface area (Å²) in [5.41, 5.74) is 0.464. The molecule has 2 aromatic rings. The Morgan fingerprint density at radius 3 is 2.21 bits per heavy atom. The summed E-state index contributed by atoms with van der Waals surface area (Å²) in [6.45, 7) is 0. The van der Waals surface area contributed by atoms with Crippen molar-refractivity contribution in [3.8, 4) is 17.6 Å². The van der Waals surface area contributed by atoms with Gasteiger partial charge in [-0.1, -0.05) is 12.1 Å². The molecule has 0 aromatic heterocycles. The van der Waals surface area contributed by atoms with Crippen molar-refractivity contribution < 1.29 is 23.5 Å². The van der Waals surface area contributed by atoms with E-state index in [0.29, 0.717) is 11.3 Å². The molecule has 0 amide bonds. The SMILES string of the molecule is N#Cc1ccc(OC(=O)CCCC(=O)Oc2ccccc2F)cc1. The van der Waals surface area contributed by atoms with Gasteiger partial charge in [-0.15, -0.1) is 0 Å². The Hall–Kier alpha value is -3.20. The van der Waals surface area contributed by atoms with Gasteiger partial charge in [0.05, 0.1) is 11.6 Å². The topological polar surface area (TPSA) is 76.4 Å². The molecule has 0 atom stereocenters. The van der Waals surface area contributed by atoms with E-state index in [9.17, 15) is 14.0 Å². The number of halogens is 1. The van der Waals surface area contributed by atoms with Gasteiger partial charge in [-0.05, 0) is 42.8 Å². The monoisotopic (exact) mass is 327 g/mol. The van der Waals surface area contributed by atoms with Crippen LogP contribution in [0.3, 0.4) is 0 Å². The molecule has 0 aliphatic rings. The van der Waals surface area contributed by atoms with E-state index in [1.54, 1.807) is 6.07 Å². The molecule has 0 spiro atoms. The molecule has 0 unspecified atom stereocenters. The van der Waals surface area contributed by atoms with E-state index in [-0.39, 0.29) is 25.0 Å². The van der Waals surface area contributed by atoms with Crippen LogP contribution in [0.1, 0.15) is 24.8 Å². The second-order valence-corrected chi connectivity index (χ2v) is 4.87. The summed E-state index contributed by atoms with van der Waals surface area (Å²) < 4.78 is 23.3. The number of benzene rings is 2. The Balaban J connectivity index is 1.73. The van der Waals surface area contributed by atoms with Crippen LogP contribution in [0.25, 0.3) is 0 Å². The summed E-state index contributed by atoms with van der Waals surface area (Å²) in [7, 11) is 0. The minimum Gasteiger partial charge on any atom is -0.427 e. The lowest BCUT2D eigenvalue weighted by Gasteiger charge is -2.06. The molecular weight excluding hydrogens is 313 g/mol. The zero-order chi connectivity index (χ0) is 17.4. The molecule has 0 radical (unpaired) electrons. The van der Waals surface area contributed by atoms with E-state index in [4.69, 9.17) is 14.7 Å². The minimum atomic E-state index is -0.619. The number of nitriles is 1. The average Bonchev–Trinajstić information content (AvgIpc) is 2.57. The first-order valence-electron chi connectivity index (χ1n) is 7.24. The van der Waals surface area contributed by atoms with E-state index in [2.05, 4.69) is 0 Å². The molecule has 0 aliphatic heterocycles. The van der Waals surface area contributed by atoms with Crippen molar-refractivity contribution in [2.24, 2.45) is 0 Å². The molecule has 0 fully saturated rings. The van der Waals surface area contributed by atoms with Gasteiger partial charge >= 0.3 is 11.9 Å². The second kappa shape index (κ2) is 8.44. The quantitative estimate of drug-likeness (QED) is 0.600. The fourth-order valence-corrected chi connectivity index (χ4v) is 1.86. The summed E-state index contributed by atoms with van der Waals surface area (Å²) in [6.07, 6.45) is 0.214. The highest BCUT2D eigenvalue weighted by atomic mass is 19.1. The standard InChI is InChI=1S/C18H14FNO4/c19-15-4-1-2-5-16(15)24-18(22)7-3-6-17(21)23-14-10-8-13(12-20)9-11-14/h1-2,4-5,8-11H,3,6-7H2. The number of nitrogens with zero attached hydrogens (tertiary/aromatic N) is 1. The number of ether oxygens (including phenoxy) is 2. The normalized spacial score (nSPS) is 9.83. The Bertz CT molecular complexity index is 765. The maximum absolute atomic E-state index is 13.3. The number of para-hydroxylation sites is 1. The summed E-state index contributed by atoms with van der Waals surface area (Å²) in [6, 6.07) is 13.7. The molecule has 0 heterocycles. The Morgan fingerprint density at radius 1 is 0.958 bits per heavy atom. The first-order chi connectivity index (χ1) is 11.6. The molecule has 0 saturated carbocycles. The van der Waals surface area contributed by atoms with E-state index in [1.807, 2.05) is 6.07 Å². The van der Waals surface area contributed by atoms with Crippen LogP contribution in [0.5, 0.6) is 11.5 Å². The summed E-state index contributed by atoms with van der Waals surface area (Å²) in [4.78, 5) is 23.3. The lowest BCUT2D eigenvalue weighted by atomic mass is 10.2. The zero-order valence-corrected chi connectivity index (χ0v) is 12.7. The highest BCUT2D eigenvalue weighted by molar-refractivity contribution is 5.75. The van der Waals surface area contributed by atoms with Crippen LogP contribution in [0.15, 0.2) is 48.5 Å². The van der Waals surface area contributed by atoms with Gasteiger partial charge in [0.15, 0.2) is 11.6 Å². The number of hydrogen-bond acceptors (Lipinski definition) is 5. The molecular formula is C18H14FNO4. The van der Waals surface area contributed by atoms with Crippen LogP contribution in [0.4, 0.5) is 4.39 Å². The van der Waals surface area contributed by atoms with Gasteiger partial charge < -0.3 is 9.47 Å². The van der Waals surface area contributed by atoms with Crippen LogP contribution in [0, 0.1) is 17.1 Å². The largest absolute Gasteiger partial charge is 0.427 e. The molecule has 122 valence electrons. The van der Waals surface area contributed by atoms with Gasteiger partial charge in [0.2, 0.25) is 0 Å². The fraction of sp³-hybridized carbons (Fsp3) is 0.167. The van der Waals surface area contributed by atoms with Crippen LogP contribution in [-0.2, 0) is 9.59 Å². The molecule has 24 heavy (non-hydrogen) atoms. The van der Waals surface area contributed by atoms with Gasteiger partial charge in [-0.25, -0.2) is 4.39 Å². The van der Waals surface area contributed by atoms with Crippen molar-refractivity contribution in [1.29, 1.82) is 5.26 Å². The van der Waals surface area contributed by atoms with Crippen LogP contribution < -0.4 is 9.47 Å². The van der Waals surface area contributed by atoms with Gasteiger partial charge in [-0.2, -0.15) is 5.26 Å². The predicted molar refractivity (Wildman–Crippen MR) is 82.7 cm³/mol. The number of carbonyl (C=O) groups is 2. The lowest BCUT2D eigenvalue weighted by molar-refractivity contribution is -0.136. The minimum absolute atomic E-state index is 0.0202. The molecule has 6 heteroatoms. The predicted octanol–water partition coefficient (Wildman–Crippen LogP) is 3.38. The van der Waals surface area contributed by atoms with Gasteiger partial charge in [0, 0.05) is 12.8 Å². The first kappa shape index (κ1) is 17.2. The van der Waals surface area contributed by atoms with Gasteiger partial charge in [0.1, 0.15) is 5.75 Å². The smallest absolute Gasteiger partial charge is 0.311 e. The number of rotatable bonds is 6. The first-order valence-corrected chi connectivity index (χ1v) is 7.24. The third-order valence-electron chi connectivity index (χ3n) is 3.04. The van der Waals surface area contributed by atoms with Crippen molar-refractivity contribution in [3.05, 3.63) is 59.9 Å². The zero-order valence-electron chi connectivity index (χ0n) is 12.7. The third-order valence-corrected chi connectivity index (χ3v) is 3.04. The molecule has 0 bridgehead atoms. The van der Waals surface area contributed by atoms with Crippen molar-refractivity contribution in [3.63, 3.8) is 0 Å². The summed E-state index contributed by atoms with van der Waals surface area (Å²) >= 11 is 0. The van der Waals surface area contributed by atoms with Crippen molar-refractivity contribution in [2.75, 3.05) is 0 Å². The fourth-order valence-electron chi connectivity index (χ4n) is 1.86. The Labute approximate surface area is 138 Å². The highest BCUT2D eigenvalue weighted by Crippen LogP contribution is 2.17. The Kier molecular flexibility index (Phi) is 6.03. The van der Waals surface area contributed by atoms with Crippen molar-refractivity contribution in [2.45, 2.75) is 19.3 Å². The molecule has 0 N–H and O–H groups in total. The van der Waals surface area contributed by atoms with Crippen molar-refractivity contribution >= 4 is 11.9 Å². The molecule has 2 aromatic carbocycles. The van der Waals surface area contributed by atoms with E-state index in [0.717, 1.165) is 0 Å². The molecule has 0 aliphatic carbocycles. The third kappa shape index (κ3) is 5.21. The maximum atomic E-state index is 13.3. The highest BCUT2D eigenvalue weighted by Gasteiger charge is 2.11. The van der Waals surface area contributed by atoms with Crippen LogP contribution in [-0.4, -0.2) is 11.9 Å². The van der Waals surface area contributed by atoms with E-state index < -0.39 is 17.8 Å². The van der Waals surface area contributed by atoms with E-state index in [1.165, 1.54) is 42.5 Å². The number of carbonyl (C=O) groups excluding carboxylic acids is 2. The molecule has 2 rings (SSSR count). The van der Waals surface area contributed by atoms with Crippen molar-refractivity contribution in [1.82, 2.24) is 0 Å². The lowest BCUT2D eigenvalue weighted by Crippen LogP contribution is -2.12. The van der Waals surface area contributed by atoms with Gasteiger partial charge in [0.25, 0.3) is 0 Å². The van der Waals surface area contributed by atoms with Gasteiger partial charge in [-0.3, -0.25) is 9.59 Å². The molecule has 0 saturated heterocycles. The van der Waals surface area contributed by atoms with Crippen LogP contribution in [0.2, 0.25) is 0 Å². The number of esters is 2. The maximum Gasteiger partial charge on any atom is 0.311 e. The average molecular weight is 327 g/mol. The van der Waals surface area contributed by atoms with Crippen LogP contribution >= 0.6 is 0 Å². The Morgan fingerprint density at radius 2 is 1.58 bits per heavy atom.